The van der Waals surface area contributed by atoms with Crippen LogP contribution in [0, 0.1) is 0 Å². The quantitative estimate of drug-likeness (QED) is 0.809. The topological polar surface area (TPSA) is 90.0 Å². The number of pyridine rings is 1. The second-order valence-corrected chi connectivity index (χ2v) is 6.32. The van der Waals surface area contributed by atoms with E-state index in [1.807, 2.05) is 36.4 Å². The van der Waals surface area contributed by atoms with Crippen LogP contribution >= 0.6 is 0 Å². The first-order valence-corrected chi connectivity index (χ1v) is 8.93. The molecule has 2 heterocycles. The molecule has 0 aliphatic carbocycles. The molecule has 0 saturated heterocycles. The molecular formula is C20H24N4O3. The Balaban J connectivity index is 2.10. The molecule has 1 aromatic heterocycles. The van der Waals surface area contributed by atoms with Gasteiger partial charge in [-0.3, -0.25) is 9.78 Å². The van der Waals surface area contributed by atoms with Crippen LogP contribution in [0.15, 0.2) is 60.0 Å². The zero-order chi connectivity index (χ0) is 19.3. The predicted molar refractivity (Wildman–Crippen MR) is 102 cm³/mol. The second-order valence-electron chi connectivity index (χ2n) is 6.32. The van der Waals surface area contributed by atoms with Crippen LogP contribution in [0.5, 0.6) is 0 Å². The van der Waals surface area contributed by atoms with Crippen LogP contribution < -0.4 is 5.73 Å². The van der Waals surface area contributed by atoms with Gasteiger partial charge in [-0.15, -0.1) is 5.10 Å². The van der Waals surface area contributed by atoms with Gasteiger partial charge in [0, 0.05) is 31.5 Å². The highest BCUT2D eigenvalue weighted by molar-refractivity contribution is 5.97. The summed E-state index contributed by atoms with van der Waals surface area (Å²) in [6.45, 7) is 2.17. The Labute approximate surface area is 158 Å². The van der Waals surface area contributed by atoms with E-state index in [9.17, 15) is 4.79 Å². The lowest BCUT2D eigenvalue weighted by Crippen LogP contribution is -2.48. The van der Waals surface area contributed by atoms with E-state index in [2.05, 4.69) is 10.1 Å². The number of hydrazone groups is 1. The molecule has 1 aromatic carbocycles. The molecule has 7 heteroatoms. The molecule has 2 atom stereocenters. The number of rotatable bonds is 7. The first-order valence-electron chi connectivity index (χ1n) is 8.93. The Bertz CT molecular complexity index is 797. The van der Waals surface area contributed by atoms with Crippen LogP contribution in [0.25, 0.3) is 0 Å². The third-order valence-electron chi connectivity index (χ3n) is 4.56. The van der Waals surface area contributed by atoms with Gasteiger partial charge in [0.05, 0.1) is 5.56 Å². The largest absolute Gasteiger partial charge is 0.443 e. The molecular weight excluding hydrogens is 344 g/mol. The maximum absolute atomic E-state index is 13.1. The number of nitrogens with two attached hydrogens (primary N) is 1. The summed E-state index contributed by atoms with van der Waals surface area (Å²) >= 11 is 0. The Kier molecular flexibility index (Phi) is 5.83. The number of hydrogen-bond donors (Lipinski definition) is 1. The minimum absolute atomic E-state index is 0.280. The van der Waals surface area contributed by atoms with Crippen LogP contribution in [0.4, 0.5) is 0 Å². The van der Waals surface area contributed by atoms with Gasteiger partial charge >= 0.3 is 0 Å². The highest BCUT2D eigenvalue weighted by atomic mass is 16.6. The molecule has 0 fully saturated rings. The van der Waals surface area contributed by atoms with Crippen molar-refractivity contribution in [2.75, 3.05) is 13.7 Å². The smallest absolute Gasteiger partial charge is 0.275 e. The van der Waals surface area contributed by atoms with Gasteiger partial charge in [-0.2, -0.15) is 5.01 Å². The molecule has 1 aliphatic rings. The molecule has 0 bridgehead atoms. The highest BCUT2D eigenvalue weighted by Crippen LogP contribution is 2.41. The molecule has 1 aliphatic heterocycles. The zero-order valence-corrected chi connectivity index (χ0v) is 15.5. The Morgan fingerprint density at radius 2 is 2.07 bits per heavy atom. The van der Waals surface area contributed by atoms with Crippen molar-refractivity contribution >= 4 is 11.8 Å². The fraction of sp³-hybridized carbons (Fsp3) is 0.350. The number of benzene rings is 1. The lowest BCUT2D eigenvalue weighted by atomic mass is 9.96. The number of aromatic nitrogens is 1. The molecule has 142 valence electrons. The summed E-state index contributed by atoms with van der Waals surface area (Å²) < 4.78 is 11.6. The van der Waals surface area contributed by atoms with E-state index in [-0.39, 0.29) is 5.91 Å². The fourth-order valence-electron chi connectivity index (χ4n) is 3.02. The predicted octanol–water partition coefficient (Wildman–Crippen LogP) is 2.23. The summed E-state index contributed by atoms with van der Waals surface area (Å²) in [6.07, 6.45) is 3.84. The molecule has 7 nitrogen and oxygen atoms in total. The average Bonchev–Trinajstić information content (AvgIpc) is 3.13. The van der Waals surface area contributed by atoms with Gasteiger partial charge in [-0.1, -0.05) is 30.3 Å². The third kappa shape index (κ3) is 3.70. The second kappa shape index (κ2) is 8.28. The van der Waals surface area contributed by atoms with Gasteiger partial charge in [0.25, 0.3) is 5.91 Å². The molecule has 3 rings (SSSR count). The Morgan fingerprint density at radius 1 is 1.30 bits per heavy atom. The summed E-state index contributed by atoms with van der Waals surface area (Å²) in [5.74, 6) is 0.0675. The zero-order valence-electron chi connectivity index (χ0n) is 15.5. The molecule has 0 spiro atoms. The van der Waals surface area contributed by atoms with Crippen molar-refractivity contribution in [2.24, 2.45) is 10.8 Å². The Hall–Kier alpha value is -2.77. The molecule has 1 amide bonds. The average molecular weight is 368 g/mol. The van der Waals surface area contributed by atoms with Gasteiger partial charge in [-0.05, 0) is 32.0 Å². The lowest BCUT2D eigenvalue weighted by molar-refractivity contribution is -0.162. The van der Waals surface area contributed by atoms with Crippen molar-refractivity contribution in [1.29, 1.82) is 0 Å². The van der Waals surface area contributed by atoms with E-state index >= 15 is 0 Å². The number of methoxy groups -OCH3 is 1. The third-order valence-corrected chi connectivity index (χ3v) is 4.56. The minimum Gasteiger partial charge on any atom is -0.443 e. The van der Waals surface area contributed by atoms with Gasteiger partial charge in [0.15, 0.2) is 0 Å². The van der Waals surface area contributed by atoms with E-state index in [1.54, 1.807) is 25.4 Å². The summed E-state index contributed by atoms with van der Waals surface area (Å²) in [4.78, 5) is 17.2. The summed E-state index contributed by atoms with van der Waals surface area (Å²) in [7, 11) is 1.50. The summed E-state index contributed by atoms with van der Waals surface area (Å²) in [5.41, 5.74) is 6.22. The number of carbonyl (C=O) groups excluding carboxylic acids is 1. The van der Waals surface area contributed by atoms with Gasteiger partial charge in [-0.25, -0.2) is 0 Å². The van der Waals surface area contributed by atoms with Gasteiger partial charge < -0.3 is 15.2 Å². The number of ether oxygens (including phenoxy) is 2. The van der Waals surface area contributed by atoms with Gasteiger partial charge in [0.2, 0.25) is 11.6 Å². The normalized spacial score (nSPS) is 20.1. The summed E-state index contributed by atoms with van der Waals surface area (Å²) in [5, 5.41) is 5.92. The number of nitrogens with zero attached hydrogens (tertiary/aromatic N) is 3. The first-order chi connectivity index (χ1) is 13.1. The lowest BCUT2D eigenvalue weighted by Gasteiger charge is -2.36. The molecule has 0 radical (unpaired) electrons. The number of carbonyl (C=O) groups is 1. The van der Waals surface area contributed by atoms with Gasteiger partial charge in [0.1, 0.15) is 6.10 Å². The summed E-state index contributed by atoms with van der Waals surface area (Å²) in [6, 6.07) is 13.2. The van der Waals surface area contributed by atoms with Crippen molar-refractivity contribution in [1.82, 2.24) is 9.99 Å². The first kappa shape index (κ1) is 19.0. The highest BCUT2D eigenvalue weighted by Gasteiger charge is 2.50. The fourth-order valence-corrected chi connectivity index (χ4v) is 3.02. The van der Waals surface area contributed by atoms with Crippen LogP contribution in [0.2, 0.25) is 0 Å². The van der Waals surface area contributed by atoms with Crippen LogP contribution in [0.1, 0.15) is 30.9 Å². The van der Waals surface area contributed by atoms with Crippen molar-refractivity contribution in [3.05, 3.63) is 66.0 Å². The SMILES string of the molecule is CO[C@@H](C)C(=O)N1N=C(c2cccnc2)OC1(CCCN)c1ccccc1. The maximum atomic E-state index is 13.1. The number of amides is 1. The monoisotopic (exact) mass is 368 g/mol. The molecule has 0 saturated carbocycles. The number of hydrogen-bond acceptors (Lipinski definition) is 6. The van der Waals surface area contributed by atoms with E-state index < -0.39 is 11.8 Å². The van der Waals surface area contributed by atoms with Crippen molar-refractivity contribution < 1.29 is 14.3 Å². The maximum Gasteiger partial charge on any atom is 0.275 e. The van der Waals surface area contributed by atoms with Crippen LogP contribution in [-0.4, -0.2) is 41.6 Å². The van der Waals surface area contributed by atoms with Crippen LogP contribution in [-0.2, 0) is 20.0 Å². The standard InChI is InChI=1S/C20H24N4O3/c1-15(26-2)19(25)24-20(11-7-12-21,17-9-4-3-5-10-17)27-18(23-24)16-8-6-13-22-14-16/h3-6,8-10,13-15H,7,11-12,21H2,1-2H3/t15-,20?/m0/s1. The van der Waals surface area contributed by atoms with Crippen LogP contribution in [0.3, 0.4) is 0 Å². The van der Waals surface area contributed by atoms with E-state index in [4.69, 9.17) is 15.2 Å². The van der Waals surface area contributed by atoms with E-state index in [0.717, 1.165) is 5.56 Å². The molecule has 27 heavy (non-hydrogen) atoms. The van der Waals surface area contributed by atoms with Crippen molar-refractivity contribution in [3.63, 3.8) is 0 Å². The molecule has 1 unspecified atom stereocenters. The molecule has 2 N–H and O–H groups in total. The van der Waals surface area contributed by atoms with Crippen molar-refractivity contribution in [3.8, 4) is 0 Å². The molecule has 2 aromatic rings. The Morgan fingerprint density at radius 3 is 2.70 bits per heavy atom. The van der Waals surface area contributed by atoms with Crippen molar-refractivity contribution in [2.45, 2.75) is 31.6 Å². The minimum atomic E-state index is -1.07. The van der Waals surface area contributed by atoms with E-state index in [0.29, 0.717) is 30.8 Å². The van der Waals surface area contributed by atoms with E-state index in [1.165, 1.54) is 12.1 Å².